The van der Waals surface area contributed by atoms with Gasteiger partial charge in [-0.05, 0) is 37.7 Å². The summed E-state index contributed by atoms with van der Waals surface area (Å²) in [6.45, 7) is 8.53. The maximum absolute atomic E-state index is 12.1. The fourth-order valence-electron chi connectivity index (χ4n) is 2.86. The molecule has 0 atom stereocenters. The molecule has 0 unspecified atom stereocenters. The second-order valence-corrected chi connectivity index (χ2v) is 5.93. The van der Waals surface area contributed by atoms with Crippen molar-refractivity contribution in [3.8, 4) is 0 Å². The van der Waals surface area contributed by atoms with E-state index in [9.17, 15) is 4.79 Å². The number of rotatable bonds is 4. The van der Waals surface area contributed by atoms with Gasteiger partial charge in [-0.15, -0.1) is 0 Å². The van der Waals surface area contributed by atoms with Crippen LogP contribution in [0.4, 0.5) is 11.5 Å². The van der Waals surface area contributed by atoms with Crippen molar-refractivity contribution >= 4 is 17.5 Å². The number of piperidine rings is 1. The lowest BCUT2D eigenvalue weighted by Gasteiger charge is -2.35. The molecule has 116 valence electrons. The van der Waals surface area contributed by atoms with Gasteiger partial charge < -0.3 is 15.4 Å². The predicted molar refractivity (Wildman–Crippen MR) is 84.4 cm³/mol. The van der Waals surface area contributed by atoms with E-state index in [1.807, 2.05) is 0 Å². The summed E-state index contributed by atoms with van der Waals surface area (Å²) in [5, 5.41) is 0. The molecule has 0 spiro atoms. The molecule has 0 aliphatic carbocycles. The van der Waals surface area contributed by atoms with Crippen molar-refractivity contribution in [1.29, 1.82) is 0 Å². The van der Waals surface area contributed by atoms with E-state index in [1.165, 1.54) is 0 Å². The van der Waals surface area contributed by atoms with Crippen LogP contribution in [0.25, 0.3) is 0 Å². The summed E-state index contributed by atoms with van der Waals surface area (Å²) in [6.07, 6.45) is 3.87. The van der Waals surface area contributed by atoms with Gasteiger partial charge >= 0.3 is 5.97 Å². The van der Waals surface area contributed by atoms with Crippen molar-refractivity contribution in [2.75, 3.05) is 30.3 Å². The number of hydrogen-bond acceptors (Lipinski definition) is 5. The molecular weight excluding hydrogens is 266 g/mol. The zero-order valence-electron chi connectivity index (χ0n) is 13.1. The van der Waals surface area contributed by atoms with Crippen LogP contribution in [-0.4, -0.2) is 30.6 Å². The minimum atomic E-state index is -0.349. The summed E-state index contributed by atoms with van der Waals surface area (Å²) in [5.41, 5.74) is 6.72. The van der Waals surface area contributed by atoms with Crippen LogP contribution in [0.5, 0.6) is 0 Å². The highest BCUT2D eigenvalue weighted by atomic mass is 16.5. The molecular formula is C16H25N3O2. The molecule has 5 nitrogen and oxygen atoms in total. The molecule has 5 heteroatoms. The lowest BCUT2D eigenvalue weighted by molar-refractivity contribution is 0.0526. The Morgan fingerprint density at radius 3 is 2.71 bits per heavy atom. The molecule has 0 amide bonds. The molecule has 1 aliphatic heterocycles. The standard InChI is InChI=1S/C16H25N3O2/c1-4-21-16(20)14-9-13(17)10-18-15(14)19-7-5-12(6-8-19)11(2)3/h9-12H,4-8,17H2,1-3H3. The van der Waals surface area contributed by atoms with Crippen molar-refractivity contribution in [3.63, 3.8) is 0 Å². The number of nitrogens with two attached hydrogens (primary N) is 1. The van der Waals surface area contributed by atoms with E-state index in [0.717, 1.165) is 31.8 Å². The van der Waals surface area contributed by atoms with Crippen LogP contribution in [0, 0.1) is 11.8 Å². The molecule has 0 aromatic carbocycles. The van der Waals surface area contributed by atoms with Crippen molar-refractivity contribution < 1.29 is 9.53 Å². The fourth-order valence-corrected chi connectivity index (χ4v) is 2.86. The van der Waals surface area contributed by atoms with Crippen molar-refractivity contribution in [1.82, 2.24) is 4.98 Å². The first kappa shape index (κ1) is 15.6. The van der Waals surface area contributed by atoms with Gasteiger partial charge in [-0.2, -0.15) is 0 Å². The molecule has 2 rings (SSSR count). The third-order valence-corrected chi connectivity index (χ3v) is 4.17. The highest BCUT2D eigenvalue weighted by molar-refractivity contribution is 5.95. The number of aromatic nitrogens is 1. The molecule has 1 aromatic heterocycles. The topological polar surface area (TPSA) is 68.5 Å². The summed E-state index contributed by atoms with van der Waals surface area (Å²) in [7, 11) is 0. The number of hydrogen-bond donors (Lipinski definition) is 1. The average Bonchev–Trinajstić information content (AvgIpc) is 2.47. The Kier molecular flexibility index (Phi) is 5.04. The van der Waals surface area contributed by atoms with E-state index in [1.54, 1.807) is 19.2 Å². The zero-order valence-corrected chi connectivity index (χ0v) is 13.1. The number of carbonyl (C=O) groups is 1. The molecule has 1 aliphatic rings. The molecule has 0 bridgehead atoms. The van der Waals surface area contributed by atoms with Crippen LogP contribution in [-0.2, 0) is 4.74 Å². The van der Waals surface area contributed by atoms with Gasteiger partial charge in [-0.3, -0.25) is 0 Å². The summed E-state index contributed by atoms with van der Waals surface area (Å²) >= 11 is 0. The van der Waals surface area contributed by atoms with Crippen LogP contribution >= 0.6 is 0 Å². The Morgan fingerprint density at radius 2 is 2.14 bits per heavy atom. The Labute approximate surface area is 126 Å². The van der Waals surface area contributed by atoms with E-state index in [4.69, 9.17) is 10.5 Å². The van der Waals surface area contributed by atoms with E-state index < -0.39 is 0 Å². The first-order valence-electron chi connectivity index (χ1n) is 7.70. The summed E-state index contributed by atoms with van der Waals surface area (Å²) in [6, 6.07) is 1.66. The van der Waals surface area contributed by atoms with E-state index in [0.29, 0.717) is 29.6 Å². The molecule has 1 saturated heterocycles. The maximum Gasteiger partial charge on any atom is 0.341 e. The number of pyridine rings is 1. The Bertz CT molecular complexity index is 494. The molecule has 1 aromatic rings. The van der Waals surface area contributed by atoms with Gasteiger partial charge in [0, 0.05) is 13.1 Å². The molecule has 1 fully saturated rings. The minimum Gasteiger partial charge on any atom is -0.462 e. The Balaban J connectivity index is 2.18. The molecule has 0 saturated carbocycles. The highest BCUT2D eigenvalue weighted by Crippen LogP contribution is 2.29. The predicted octanol–water partition coefficient (Wildman–Crippen LogP) is 2.71. The van der Waals surface area contributed by atoms with Crippen molar-refractivity contribution in [2.45, 2.75) is 33.6 Å². The Hall–Kier alpha value is -1.78. The number of esters is 1. The molecule has 2 heterocycles. The summed E-state index contributed by atoms with van der Waals surface area (Å²) in [5.74, 6) is 1.81. The molecule has 21 heavy (non-hydrogen) atoms. The Morgan fingerprint density at radius 1 is 1.48 bits per heavy atom. The highest BCUT2D eigenvalue weighted by Gasteiger charge is 2.26. The van der Waals surface area contributed by atoms with E-state index >= 15 is 0 Å². The number of carbonyl (C=O) groups excluding carboxylic acids is 1. The van der Waals surface area contributed by atoms with Gasteiger partial charge in [-0.1, -0.05) is 13.8 Å². The van der Waals surface area contributed by atoms with Gasteiger partial charge in [0.2, 0.25) is 0 Å². The number of anilines is 2. The van der Waals surface area contributed by atoms with Crippen LogP contribution in [0.2, 0.25) is 0 Å². The average molecular weight is 291 g/mol. The van der Waals surface area contributed by atoms with Crippen LogP contribution in [0.1, 0.15) is 44.0 Å². The second kappa shape index (κ2) is 6.78. The quantitative estimate of drug-likeness (QED) is 0.864. The lowest BCUT2D eigenvalue weighted by Crippen LogP contribution is -2.36. The van der Waals surface area contributed by atoms with Crippen molar-refractivity contribution in [2.24, 2.45) is 11.8 Å². The van der Waals surface area contributed by atoms with Gasteiger partial charge in [0.1, 0.15) is 11.4 Å². The zero-order chi connectivity index (χ0) is 15.4. The van der Waals surface area contributed by atoms with Crippen molar-refractivity contribution in [3.05, 3.63) is 17.8 Å². The maximum atomic E-state index is 12.1. The lowest BCUT2D eigenvalue weighted by atomic mass is 9.86. The molecule has 0 radical (unpaired) electrons. The third kappa shape index (κ3) is 3.65. The normalized spacial score (nSPS) is 16.3. The van der Waals surface area contributed by atoms with E-state index in [-0.39, 0.29) is 5.97 Å². The smallest absolute Gasteiger partial charge is 0.341 e. The van der Waals surface area contributed by atoms with Gasteiger partial charge in [-0.25, -0.2) is 9.78 Å². The van der Waals surface area contributed by atoms with Crippen LogP contribution < -0.4 is 10.6 Å². The van der Waals surface area contributed by atoms with Gasteiger partial charge in [0.25, 0.3) is 0 Å². The third-order valence-electron chi connectivity index (χ3n) is 4.17. The van der Waals surface area contributed by atoms with Crippen LogP contribution in [0.15, 0.2) is 12.3 Å². The number of ether oxygens (including phenoxy) is 1. The van der Waals surface area contributed by atoms with Crippen LogP contribution in [0.3, 0.4) is 0 Å². The first-order valence-corrected chi connectivity index (χ1v) is 7.70. The number of nitrogens with zero attached hydrogens (tertiary/aromatic N) is 2. The fraction of sp³-hybridized carbons (Fsp3) is 0.625. The first-order chi connectivity index (χ1) is 10.0. The van der Waals surface area contributed by atoms with Gasteiger partial charge in [0.05, 0.1) is 18.5 Å². The summed E-state index contributed by atoms with van der Waals surface area (Å²) < 4.78 is 5.11. The number of nitrogen functional groups attached to an aromatic ring is 1. The molecule has 2 N–H and O–H groups in total. The monoisotopic (exact) mass is 291 g/mol. The van der Waals surface area contributed by atoms with E-state index in [2.05, 4.69) is 23.7 Å². The summed E-state index contributed by atoms with van der Waals surface area (Å²) in [4.78, 5) is 18.6. The minimum absolute atomic E-state index is 0.349. The largest absolute Gasteiger partial charge is 0.462 e. The SMILES string of the molecule is CCOC(=O)c1cc(N)cnc1N1CCC(C(C)C)CC1. The second-order valence-electron chi connectivity index (χ2n) is 5.93. The van der Waals surface area contributed by atoms with Gasteiger partial charge in [0.15, 0.2) is 0 Å².